The van der Waals surface area contributed by atoms with E-state index in [1.54, 1.807) is 0 Å². The largest absolute Gasteiger partial charge is 0.409 e. The van der Waals surface area contributed by atoms with E-state index in [0.717, 1.165) is 24.3 Å². The van der Waals surface area contributed by atoms with Crippen LogP contribution in [0.4, 0.5) is 0 Å². The third-order valence-electron chi connectivity index (χ3n) is 3.41. The van der Waals surface area contributed by atoms with Gasteiger partial charge in [0.05, 0.1) is 5.75 Å². The Morgan fingerprint density at radius 2 is 2.20 bits per heavy atom. The van der Waals surface area contributed by atoms with E-state index in [1.165, 1.54) is 11.8 Å². The van der Waals surface area contributed by atoms with E-state index < -0.39 is 0 Å². The van der Waals surface area contributed by atoms with Gasteiger partial charge in [-0.2, -0.15) is 0 Å². The summed E-state index contributed by atoms with van der Waals surface area (Å²) in [7, 11) is 0. The fourth-order valence-electron chi connectivity index (χ4n) is 2.28. The Hall–Kier alpha value is -1.69. The number of nitrogens with two attached hydrogens (primary N) is 1. The summed E-state index contributed by atoms with van der Waals surface area (Å²) in [5.41, 5.74) is 5.63. The van der Waals surface area contributed by atoms with E-state index in [2.05, 4.69) is 5.16 Å². The van der Waals surface area contributed by atoms with Gasteiger partial charge in [0.1, 0.15) is 5.84 Å². The molecule has 1 saturated heterocycles. The van der Waals surface area contributed by atoms with E-state index in [9.17, 15) is 4.79 Å². The molecule has 1 fully saturated rings. The van der Waals surface area contributed by atoms with Crippen molar-refractivity contribution in [3.63, 3.8) is 0 Å². The molecular weight excluding hydrogens is 274 g/mol. The number of hydrogen-bond acceptors (Lipinski definition) is 4. The second-order valence-electron chi connectivity index (χ2n) is 4.81. The zero-order valence-electron chi connectivity index (χ0n) is 11.2. The number of benzene rings is 1. The van der Waals surface area contributed by atoms with Crippen LogP contribution in [0.15, 0.2) is 40.4 Å². The number of thioether (sulfide) groups is 1. The summed E-state index contributed by atoms with van der Waals surface area (Å²) in [6.07, 6.45) is 1.76. The standard InChI is InChI=1S/C14H19N3O2S/c15-14(16-19)11-5-4-8-17(9-11)13(18)10-20-12-6-2-1-3-7-12/h1-3,6-7,11,19H,4-5,8-10H2,(H2,15,16). The molecule has 1 unspecified atom stereocenters. The fraction of sp³-hybridized carbons (Fsp3) is 0.429. The molecule has 1 aliphatic rings. The van der Waals surface area contributed by atoms with E-state index in [1.807, 2.05) is 35.2 Å². The van der Waals surface area contributed by atoms with Gasteiger partial charge in [-0.3, -0.25) is 4.79 Å². The van der Waals surface area contributed by atoms with Gasteiger partial charge in [-0.25, -0.2) is 0 Å². The van der Waals surface area contributed by atoms with Crippen LogP contribution >= 0.6 is 11.8 Å². The van der Waals surface area contributed by atoms with Crippen molar-refractivity contribution in [2.24, 2.45) is 16.8 Å². The Morgan fingerprint density at radius 3 is 2.90 bits per heavy atom. The molecular formula is C14H19N3O2S. The Labute approximate surface area is 122 Å². The lowest BCUT2D eigenvalue weighted by Gasteiger charge is -2.32. The molecule has 0 saturated carbocycles. The van der Waals surface area contributed by atoms with E-state index >= 15 is 0 Å². The topological polar surface area (TPSA) is 78.9 Å². The predicted molar refractivity (Wildman–Crippen MR) is 79.9 cm³/mol. The van der Waals surface area contributed by atoms with Crippen molar-refractivity contribution in [1.29, 1.82) is 0 Å². The summed E-state index contributed by atoms with van der Waals surface area (Å²) in [5.74, 6) is 0.722. The second-order valence-corrected chi connectivity index (χ2v) is 5.85. The molecule has 1 atom stereocenters. The van der Waals surface area contributed by atoms with Crippen LogP contribution in [0.2, 0.25) is 0 Å². The lowest BCUT2D eigenvalue weighted by Crippen LogP contribution is -2.44. The number of carbonyl (C=O) groups excluding carboxylic acids is 1. The lowest BCUT2D eigenvalue weighted by molar-refractivity contribution is -0.129. The van der Waals surface area contributed by atoms with Gasteiger partial charge in [-0.05, 0) is 25.0 Å². The van der Waals surface area contributed by atoms with Crippen molar-refractivity contribution in [1.82, 2.24) is 4.90 Å². The smallest absolute Gasteiger partial charge is 0.232 e. The van der Waals surface area contributed by atoms with Gasteiger partial charge in [0.25, 0.3) is 0 Å². The van der Waals surface area contributed by atoms with Crippen molar-refractivity contribution < 1.29 is 10.0 Å². The minimum Gasteiger partial charge on any atom is -0.409 e. The Kier molecular flexibility index (Phi) is 5.29. The number of likely N-dealkylation sites (tertiary alicyclic amines) is 1. The summed E-state index contributed by atoms with van der Waals surface area (Å²) in [6.45, 7) is 1.30. The van der Waals surface area contributed by atoms with Crippen LogP contribution in [0.25, 0.3) is 0 Å². The summed E-state index contributed by atoms with van der Waals surface area (Å²) in [4.78, 5) is 15.1. The molecule has 1 aromatic carbocycles. The maximum atomic E-state index is 12.2. The van der Waals surface area contributed by atoms with Crippen molar-refractivity contribution in [2.45, 2.75) is 17.7 Å². The fourth-order valence-corrected chi connectivity index (χ4v) is 3.10. The van der Waals surface area contributed by atoms with Crippen LogP contribution in [-0.2, 0) is 4.79 Å². The minimum atomic E-state index is -0.0283. The number of piperidine rings is 1. The normalized spacial score (nSPS) is 19.9. The van der Waals surface area contributed by atoms with Crippen molar-refractivity contribution in [2.75, 3.05) is 18.8 Å². The van der Waals surface area contributed by atoms with Crippen LogP contribution in [0, 0.1) is 5.92 Å². The van der Waals surface area contributed by atoms with Crippen molar-refractivity contribution in [3.05, 3.63) is 30.3 Å². The SMILES string of the molecule is NC(=NO)C1CCCN(C(=O)CSc2ccccc2)C1. The van der Waals surface area contributed by atoms with Crippen LogP contribution < -0.4 is 5.73 Å². The summed E-state index contributed by atoms with van der Waals surface area (Å²) in [6, 6.07) is 9.86. The first-order valence-electron chi connectivity index (χ1n) is 6.63. The molecule has 0 aliphatic carbocycles. The lowest BCUT2D eigenvalue weighted by atomic mass is 9.97. The van der Waals surface area contributed by atoms with Gasteiger partial charge in [0.2, 0.25) is 5.91 Å². The van der Waals surface area contributed by atoms with Gasteiger partial charge in [-0.1, -0.05) is 23.4 Å². The van der Waals surface area contributed by atoms with Crippen LogP contribution in [0.3, 0.4) is 0 Å². The summed E-state index contributed by atoms with van der Waals surface area (Å²) in [5, 5.41) is 11.8. The van der Waals surface area contributed by atoms with Gasteiger partial charge >= 0.3 is 0 Å². The molecule has 1 amide bonds. The van der Waals surface area contributed by atoms with Gasteiger partial charge in [0, 0.05) is 23.9 Å². The highest BCUT2D eigenvalue weighted by Crippen LogP contribution is 2.21. The van der Waals surface area contributed by atoms with Gasteiger partial charge < -0.3 is 15.8 Å². The highest BCUT2D eigenvalue weighted by molar-refractivity contribution is 8.00. The number of hydrogen-bond donors (Lipinski definition) is 2. The van der Waals surface area contributed by atoms with Gasteiger partial charge in [0.15, 0.2) is 0 Å². The van der Waals surface area contributed by atoms with Gasteiger partial charge in [-0.15, -0.1) is 11.8 Å². The van der Waals surface area contributed by atoms with E-state index in [4.69, 9.17) is 10.9 Å². The maximum Gasteiger partial charge on any atom is 0.232 e. The third-order valence-corrected chi connectivity index (χ3v) is 4.41. The number of carbonyl (C=O) groups is 1. The molecule has 1 aromatic rings. The quantitative estimate of drug-likeness (QED) is 0.291. The molecule has 3 N–H and O–H groups in total. The monoisotopic (exact) mass is 293 g/mol. The molecule has 20 heavy (non-hydrogen) atoms. The number of rotatable bonds is 4. The number of nitrogens with zero attached hydrogens (tertiary/aromatic N) is 2. The highest BCUT2D eigenvalue weighted by Gasteiger charge is 2.26. The number of amides is 1. The zero-order valence-corrected chi connectivity index (χ0v) is 12.1. The Bertz CT molecular complexity index is 479. The summed E-state index contributed by atoms with van der Waals surface area (Å²) >= 11 is 1.54. The molecule has 2 rings (SSSR count). The molecule has 1 aliphatic heterocycles. The molecule has 0 bridgehead atoms. The summed E-state index contributed by atoms with van der Waals surface area (Å²) < 4.78 is 0. The average Bonchev–Trinajstić information content (AvgIpc) is 2.53. The first-order chi connectivity index (χ1) is 9.70. The zero-order chi connectivity index (χ0) is 14.4. The first-order valence-corrected chi connectivity index (χ1v) is 7.62. The minimum absolute atomic E-state index is 0.0283. The van der Waals surface area contributed by atoms with Crippen molar-refractivity contribution >= 4 is 23.5 Å². The molecule has 108 valence electrons. The molecule has 0 radical (unpaired) electrons. The van der Waals surface area contributed by atoms with E-state index in [0.29, 0.717) is 12.3 Å². The number of oxime groups is 1. The molecule has 0 spiro atoms. The number of amidine groups is 1. The Balaban J connectivity index is 1.86. The second kappa shape index (κ2) is 7.19. The van der Waals surface area contributed by atoms with Crippen LogP contribution in [-0.4, -0.2) is 40.7 Å². The molecule has 0 aromatic heterocycles. The maximum absolute atomic E-state index is 12.2. The third kappa shape index (κ3) is 3.90. The Morgan fingerprint density at radius 1 is 1.45 bits per heavy atom. The highest BCUT2D eigenvalue weighted by atomic mass is 32.2. The van der Waals surface area contributed by atoms with Crippen LogP contribution in [0.5, 0.6) is 0 Å². The average molecular weight is 293 g/mol. The van der Waals surface area contributed by atoms with Crippen LogP contribution in [0.1, 0.15) is 12.8 Å². The molecule has 1 heterocycles. The van der Waals surface area contributed by atoms with E-state index in [-0.39, 0.29) is 17.7 Å². The first kappa shape index (κ1) is 14.7. The molecule has 6 heteroatoms. The molecule has 5 nitrogen and oxygen atoms in total. The predicted octanol–water partition coefficient (Wildman–Crippen LogP) is 1.76. The van der Waals surface area contributed by atoms with Crippen molar-refractivity contribution in [3.8, 4) is 0 Å².